The molecule has 0 radical (unpaired) electrons. The molecule has 0 saturated carbocycles. The van der Waals surface area contributed by atoms with Crippen molar-refractivity contribution in [3.63, 3.8) is 0 Å². The van der Waals surface area contributed by atoms with Crippen LogP contribution in [0.4, 0.5) is 0 Å². The Balaban J connectivity index is 2.61. The SMILES string of the molecule is CCS(=O)(=O)CCCC(N)c1cccc(Br)c1Cl. The van der Waals surface area contributed by atoms with Gasteiger partial charge in [0.2, 0.25) is 0 Å². The highest BCUT2D eigenvalue weighted by molar-refractivity contribution is 9.10. The Kier molecular flexibility index (Phi) is 6.11. The van der Waals surface area contributed by atoms with Gasteiger partial charge in [0, 0.05) is 16.3 Å². The minimum absolute atomic E-state index is 0.180. The quantitative estimate of drug-likeness (QED) is 0.852. The molecule has 102 valence electrons. The zero-order valence-electron chi connectivity index (χ0n) is 10.2. The van der Waals surface area contributed by atoms with Crippen molar-refractivity contribution >= 4 is 37.4 Å². The Morgan fingerprint density at radius 1 is 1.44 bits per heavy atom. The van der Waals surface area contributed by atoms with E-state index in [0.717, 1.165) is 10.0 Å². The lowest BCUT2D eigenvalue weighted by Crippen LogP contribution is -2.14. The molecule has 1 unspecified atom stereocenters. The first kappa shape index (κ1) is 16.0. The average Bonchev–Trinajstić information content (AvgIpc) is 2.32. The normalized spacial score (nSPS) is 13.6. The van der Waals surface area contributed by atoms with E-state index in [1.807, 2.05) is 18.2 Å². The Bertz CT molecular complexity index is 505. The van der Waals surface area contributed by atoms with E-state index in [0.29, 0.717) is 17.9 Å². The standard InChI is InChI=1S/C12H17BrClNO2S/c1-2-18(16,17)8-4-7-11(15)9-5-3-6-10(13)12(9)14/h3,5-6,11H,2,4,7-8,15H2,1H3. The van der Waals surface area contributed by atoms with Gasteiger partial charge < -0.3 is 5.73 Å². The molecule has 3 nitrogen and oxygen atoms in total. The first-order chi connectivity index (χ1) is 8.37. The van der Waals surface area contributed by atoms with E-state index in [-0.39, 0.29) is 17.5 Å². The van der Waals surface area contributed by atoms with Crippen LogP contribution in [-0.2, 0) is 9.84 Å². The summed E-state index contributed by atoms with van der Waals surface area (Å²) in [4.78, 5) is 0. The molecule has 0 aliphatic rings. The van der Waals surface area contributed by atoms with Gasteiger partial charge in [-0.2, -0.15) is 0 Å². The molecule has 6 heteroatoms. The molecule has 0 saturated heterocycles. The fourth-order valence-corrected chi connectivity index (χ4v) is 3.17. The van der Waals surface area contributed by atoms with Crippen LogP contribution in [0.5, 0.6) is 0 Å². The second kappa shape index (κ2) is 6.89. The van der Waals surface area contributed by atoms with E-state index in [2.05, 4.69) is 15.9 Å². The van der Waals surface area contributed by atoms with Crippen molar-refractivity contribution < 1.29 is 8.42 Å². The summed E-state index contributed by atoms with van der Waals surface area (Å²) in [5.74, 6) is 0.364. The third-order valence-corrected chi connectivity index (χ3v) is 5.89. The number of hydrogen-bond acceptors (Lipinski definition) is 3. The third-order valence-electron chi connectivity index (χ3n) is 2.79. The molecule has 0 spiro atoms. The van der Waals surface area contributed by atoms with Crippen molar-refractivity contribution in [3.05, 3.63) is 33.3 Å². The van der Waals surface area contributed by atoms with Crippen LogP contribution >= 0.6 is 27.5 Å². The van der Waals surface area contributed by atoms with Crippen molar-refractivity contribution in [2.24, 2.45) is 5.73 Å². The van der Waals surface area contributed by atoms with Crippen LogP contribution in [-0.4, -0.2) is 19.9 Å². The van der Waals surface area contributed by atoms with Crippen molar-refractivity contribution in [1.82, 2.24) is 0 Å². The number of hydrogen-bond donors (Lipinski definition) is 1. The Labute approximate surface area is 122 Å². The van der Waals surface area contributed by atoms with E-state index in [1.165, 1.54) is 0 Å². The summed E-state index contributed by atoms with van der Waals surface area (Å²) in [7, 11) is -2.91. The fraction of sp³-hybridized carbons (Fsp3) is 0.500. The maximum Gasteiger partial charge on any atom is 0.150 e. The average molecular weight is 355 g/mol. The molecule has 0 fully saturated rings. The summed E-state index contributed by atoms with van der Waals surface area (Å²) < 4.78 is 23.5. The van der Waals surface area contributed by atoms with E-state index in [9.17, 15) is 8.42 Å². The van der Waals surface area contributed by atoms with Gasteiger partial charge in [0.1, 0.15) is 9.84 Å². The minimum Gasteiger partial charge on any atom is -0.324 e. The van der Waals surface area contributed by atoms with Gasteiger partial charge in [-0.3, -0.25) is 0 Å². The molecule has 0 bridgehead atoms. The summed E-state index contributed by atoms with van der Waals surface area (Å²) in [5, 5.41) is 0.600. The molecule has 2 N–H and O–H groups in total. The molecule has 0 aliphatic heterocycles. The van der Waals surface area contributed by atoms with E-state index in [1.54, 1.807) is 6.92 Å². The van der Waals surface area contributed by atoms with Gasteiger partial charge in [-0.15, -0.1) is 0 Å². The number of nitrogens with two attached hydrogens (primary N) is 1. The van der Waals surface area contributed by atoms with Crippen LogP contribution in [0.1, 0.15) is 31.4 Å². The molecule has 0 aromatic heterocycles. The molecule has 1 aromatic rings. The van der Waals surface area contributed by atoms with Crippen molar-refractivity contribution in [2.75, 3.05) is 11.5 Å². The van der Waals surface area contributed by atoms with Gasteiger partial charge in [0.25, 0.3) is 0 Å². The van der Waals surface area contributed by atoms with Crippen LogP contribution in [0.3, 0.4) is 0 Å². The number of benzene rings is 1. The molecule has 0 amide bonds. The second-order valence-corrected chi connectivity index (χ2v) is 7.83. The molecule has 0 aliphatic carbocycles. The molecule has 0 heterocycles. The molecule has 18 heavy (non-hydrogen) atoms. The lowest BCUT2D eigenvalue weighted by atomic mass is 10.0. The smallest absolute Gasteiger partial charge is 0.150 e. The van der Waals surface area contributed by atoms with Crippen LogP contribution < -0.4 is 5.73 Å². The summed E-state index contributed by atoms with van der Waals surface area (Å²) in [5.41, 5.74) is 6.88. The van der Waals surface area contributed by atoms with Gasteiger partial charge in [0.05, 0.1) is 10.8 Å². The monoisotopic (exact) mass is 353 g/mol. The maximum absolute atomic E-state index is 11.4. The topological polar surface area (TPSA) is 60.2 Å². The van der Waals surface area contributed by atoms with Gasteiger partial charge in [-0.25, -0.2) is 8.42 Å². The summed E-state index contributed by atoms with van der Waals surface area (Å²) >= 11 is 9.48. The largest absolute Gasteiger partial charge is 0.324 e. The van der Waals surface area contributed by atoms with Crippen LogP contribution in [0.15, 0.2) is 22.7 Å². The van der Waals surface area contributed by atoms with E-state index < -0.39 is 9.84 Å². The lowest BCUT2D eigenvalue weighted by molar-refractivity contribution is 0.584. The summed E-state index contributed by atoms with van der Waals surface area (Å²) in [6.07, 6.45) is 1.16. The number of sulfone groups is 1. The summed E-state index contributed by atoms with van der Waals surface area (Å²) in [6, 6.07) is 5.35. The lowest BCUT2D eigenvalue weighted by Gasteiger charge is -2.14. The predicted molar refractivity (Wildman–Crippen MR) is 79.6 cm³/mol. The Morgan fingerprint density at radius 3 is 2.72 bits per heavy atom. The highest BCUT2D eigenvalue weighted by Crippen LogP contribution is 2.30. The molecular formula is C12H17BrClNO2S. The highest BCUT2D eigenvalue weighted by Gasteiger charge is 2.14. The molecule has 1 atom stereocenters. The number of halogens is 2. The van der Waals surface area contributed by atoms with Gasteiger partial charge in [-0.1, -0.05) is 30.7 Å². The van der Waals surface area contributed by atoms with E-state index >= 15 is 0 Å². The van der Waals surface area contributed by atoms with Gasteiger partial charge >= 0.3 is 0 Å². The van der Waals surface area contributed by atoms with Crippen LogP contribution in [0.25, 0.3) is 0 Å². The minimum atomic E-state index is -2.91. The molecular weight excluding hydrogens is 338 g/mol. The zero-order valence-corrected chi connectivity index (χ0v) is 13.4. The van der Waals surface area contributed by atoms with Gasteiger partial charge in [-0.05, 0) is 40.4 Å². The summed E-state index contributed by atoms with van der Waals surface area (Å²) in [6.45, 7) is 1.65. The Hall–Kier alpha value is -0.100. The number of rotatable bonds is 6. The maximum atomic E-state index is 11.4. The first-order valence-corrected chi connectivity index (χ1v) is 8.76. The van der Waals surface area contributed by atoms with Gasteiger partial charge in [0.15, 0.2) is 0 Å². The van der Waals surface area contributed by atoms with Crippen molar-refractivity contribution in [2.45, 2.75) is 25.8 Å². The van der Waals surface area contributed by atoms with Crippen molar-refractivity contribution in [1.29, 1.82) is 0 Å². The highest BCUT2D eigenvalue weighted by atomic mass is 79.9. The molecule has 1 rings (SSSR count). The first-order valence-electron chi connectivity index (χ1n) is 5.77. The van der Waals surface area contributed by atoms with Crippen LogP contribution in [0.2, 0.25) is 5.02 Å². The van der Waals surface area contributed by atoms with Crippen LogP contribution in [0, 0.1) is 0 Å². The van der Waals surface area contributed by atoms with Crippen molar-refractivity contribution in [3.8, 4) is 0 Å². The Morgan fingerprint density at radius 2 is 2.11 bits per heavy atom. The third kappa shape index (κ3) is 4.53. The predicted octanol–water partition coefficient (Wildman–Crippen LogP) is 3.32. The fourth-order valence-electron chi connectivity index (χ4n) is 1.63. The van der Waals surface area contributed by atoms with E-state index in [4.69, 9.17) is 17.3 Å². The second-order valence-electron chi connectivity index (χ2n) is 4.13. The zero-order chi connectivity index (χ0) is 13.8. The molecule has 1 aromatic carbocycles.